The molecule has 0 fully saturated rings. The van der Waals surface area contributed by atoms with Gasteiger partial charge in [-0.25, -0.2) is 0 Å². The Kier molecular flexibility index (Phi) is 3.05. The van der Waals surface area contributed by atoms with E-state index in [0.29, 0.717) is 0 Å². The summed E-state index contributed by atoms with van der Waals surface area (Å²) in [5.74, 6) is 0. The van der Waals surface area contributed by atoms with Crippen LogP contribution in [0.1, 0.15) is 0 Å². The van der Waals surface area contributed by atoms with E-state index in [2.05, 4.69) is 6.92 Å². The van der Waals surface area contributed by atoms with E-state index in [-0.39, 0.29) is 0 Å². The summed E-state index contributed by atoms with van der Waals surface area (Å²) in [4.78, 5) is 0. The molecule has 0 aliphatic heterocycles. The molecule has 0 aliphatic carbocycles. The fourth-order valence-corrected chi connectivity index (χ4v) is 0.401. The highest BCUT2D eigenvalue weighted by Gasteiger charge is 2.12. The van der Waals surface area contributed by atoms with Crippen molar-refractivity contribution in [2.75, 3.05) is 0 Å². The third-order valence-electron chi connectivity index (χ3n) is 0.307. The highest BCUT2D eigenvalue weighted by atomic mass is 35.6. The highest BCUT2D eigenvalue weighted by molar-refractivity contribution is 6.68. The van der Waals surface area contributed by atoms with Gasteiger partial charge >= 0.3 is 0 Å². The SMILES string of the molecule is [CH2]/C=C/C(Cl)(Cl)Cl. The predicted molar refractivity (Wildman–Crippen MR) is 34.8 cm³/mol. The summed E-state index contributed by atoms with van der Waals surface area (Å²) in [6.07, 6.45) is 2.81. The molecular weight excluding hydrogens is 154 g/mol. The summed E-state index contributed by atoms with van der Waals surface area (Å²) in [5, 5.41) is 0. The van der Waals surface area contributed by atoms with Gasteiger partial charge in [-0.05, 0) is 13.0 Å². The first-order valence-corrected chi connectivity index (χ1v) is 2.73. The van der Waals surface area contributed by atoms with E-state index < -0.39 is 3.79 Å². The molecule has 0 rings (SSSR count). The Bertz CT molecular complexity index is 69.5. The first-order chi connectivity index (χ1) is 3.06. The van der Waals surface area contributed by atoms with Crippen LogP contribution in [0.15, 0.2) is 12.2 Å². The van der Waals surface area contributed by atoms with Gasteiger partial charge < -0.3 is 0 Å². The van der Waals surface area contributed by atoms with Crippen LogP contribution in [0.4, 0.5) is 0 Å². The molecule has 0 nitrogen and oxygen atoms in total. The fourth-order valence-electron chi connectivity index (χ4n) is 0.134. The van der Waals surface area contributed by atoms with Crippen LogP contribution in [0, 0.1) is 6.92 Å². The molecule has 7 heavy (non-hydrogen) atoms. The van der Waals surface area contributed by atoms with Gasteiger partial charge in [0.2, 0.25) is 3.79 Å². The Hall–Kier alpha value is 0.610. The van der Waals surface area contributed by atoms with Crippen LogP contribution in [-0.2, 0) is 0 Å². The molecule has 0 heterocycles. The molecule has 0 spiro atoms. The maximum absolute atomic E-state index is 5.24. The average Bonchev–Trinajstić information content (AvgIpc) is 1.30. The first-order valence-electron chi connectivity index (χ1n) is 1.60. The average molecular weight is 158 g/mol. The normalized spacial score (nSPS) is 13.1. The summed E-state index contributed by atoms with van der Waals surface area (Å²) in [6.45, 7) is 3.34. The molecule has 0 amide bonds. The monoisotopic (exact) mass is 157 g/mol. The van der Waals surface area contributed by atoms with Crippen molar-refractivity contribution >= 4 is 34.8 Å². The van der Waals surface area contributed by atoms with E-state index >= 15 is 0 Å². The Balaban J connectivity index is 3.56. The summed E-state index contributed by atoms with van der Waals surface area (Å²) in [7, 11) is 0. The number of allylic oxidation sites excluding steroid dienone is 2. The molecule has 0 atom stereocenters. The van der Waals surface area contributed by atoms with Gasteiger partial charge in [-0.3, -0.25) is 0 Å². The van der Waals surface area contributed by atoms with Crippen molar-refractivity contribution in [1.82, 2.24) is 0 Å². The van der Waals surface area contributed by atoms with Crippen molar-refractivity contribution in [2.45, 2.75) is 3.79 Å². The van der Waals surface area contributed by atoms with Crippen molar-refractivity contribution in [2.24, 2.45) is 0 Å². The van der Waals surface area contributed by atoms with Gasteiger partial charge in [0.15, 0.2) is 0 Å². The second-order valence-electron chi connectivity index (χ2n) is 0.944. The molecule has 1 radical (unpaired) electrons. The molecule has 0 unspecified atom stereocenters. The second-order valence-corrected chi connectivity index (χ2v) is 3.31. The maximum atomic E-state index is 5.24. The number of hydrogen-bond donors (Lipinski definition) is 0. The van der Waals surface area contributed by atoms with E-state index in [1.165, 1.54) is 12.2 Å². The van der Waals surface area contributed by atoms with Crippen LogP contribution in [0.25, 0.3) is 0 Å². The van der Waals surface area contributed by atoms with Crippen LogP contribution < -0.4 is 0 Å². The molecule has 0 saturated heterocycles. The molecule has 0 aliphatic rings. The summed E-state index contributed by atoms with van der Waals surface area (Å²) in [5.41, 5.74) is 0. The molecule has 0 aromatic rings. The zero-order chi connectivity index (χ0) is 5.91. The Morgan fingerprint density at radius 2 is 1.71 bits per heavy atom. The van der Waals surface area contributed by atoms with Crippen molar-refractivity contribution in [3.05, 3.63) is 19.1 Å². The molecule has 0 bridgehead atoms. The third-order valence-corrected chi connectivity index (χ3v) is 0.685. The molecular formula is C4H4Cl3. The summed E-state index contributed by atoms with van der Waals surface area (Å²) in [6, 6.07) is 0. The topological polar surface area (TPSA) is 0 Å². The third kappa shape index (κ3) is 6.61. The van der Waals surface area contributed by atoms with Gasteiger partial charge in [-0.1, -0.05) is 40.9 Å². The second kappa shape index (κ2) is 2.81. The lowest BCUT2D eigenvalue weighted by Gasteiger charge is -1.99. The van der Waals surface area contributed by atoms with E-state index in [9.17, 15) is 0 Å². The van der Waals surface area contributed by atoms with Crippen molar-refractivity contribution < 1.29 is 0 Å². The number of rotatable bonds is 0. The van der Waals surface area contributed by atoms with Crippen molar-refractivity contribution in [3.63, 3.8) is 0 Å². The van der Waals surface area contributed by atoms with Gasteiger partial charge in [0.25, 0.3) is 0 Å². The molecule has 0 aromatic carbocycles. The number of alkyl halides is 3. The number of hydrogen-bond acceptors (Lipinski definition) is 0. The molecule has 3 heteroatoms. The minimum atomic E-state index is -1.28. The zero-order valence-electron chi connectivity index (χ0n) is 3.50. The summed E-state index contributed by atoms with van der Waals surface area (Å²) >= 11 is 15.7. The molecule has 0 aromatic heterocycles. The van der Waals surface area contributed by atoms with Crippen molar-refractivity contribution in [3.8, 4) is 0 Å². The number of halogens is 3. The Morgan fingerprint density at radius 3 is 1.71 bits per heavy atom. The lowest BCUT2D eigenvalue weighted by atomic mass is 10.6. The van der Waals surface area contributed by atoms with Crippen LogP contribution in [0.2, 0.25) is 0 Å². The lowest BCUT2D eigenvalue weighted by Crippen LogP contribution is -1.92. The van der Waals surface area contributed by atoms with Gasteiger partial charge in [0, 0.05) is 0 Å². The zero-order valence-corrected chi connectivity index (χ0v) is 5.76. The van der Waals surface area contributed by atoms with E-state index in [1.807, 2.05) is 0 Å². The Labute approximate surface area is 58.1 Å². The molecule has 0 N–H and O–H groups in total. The predicted octanol–water partition coefficient (Wildman–Crippen LogP) is 2.75. The minimum Gasteiger partial charge on any atom is -0.0840 e. The van der Waals surface area contributed by atoms with Crippen LogP contribution in [-0.4, -0.2) is 3.79 Å². The highest BCUT2D eigenvalue weighted by Crippen LogP contribution is 2.26. The van der Waals surface area contributed by atoms with E-state index in [1.54, 1.807) is 0 Å². The van der Waals surface area contributed by atoms with Gasteiger partial charge in [0.1, 0.15) is 0 Å². The van der Waals surface area contributed by atoms with E-state index in [4.69, 9.17) is 34.8 Å². The molecule has 0 saturated carbocycles. The standard InChI is InChI=1S/C4H4Cl3/c1-2-3-4(5,6)7/h2-3H,1H2/b3-2+. The minimum absolute atomic E-state index is 1.28. The molecule has 41 valence electrons. The van der Waals surface area contributed by atoms with Gasteiger partial charge in [-0.2, -0.15) is 0 Å². The van der Waals surface area contributed by atoms with Crippen LogP contribution in [0.3, 0.4) is 0 Å². The largest absolute Gasteiger partial charge is 0.209 e. The van der Waals surface area contributed by atoms with Crippen molar-refractivity contribution in [1.29, 1.82) is 0 Å². The van der Waals surface area contributed by atoms with Crippen LogP contribution >= 0.6 is 34.8 Å². The summed E-state index contributed by atoms with van der Waals surface area (Å²) < 4.78 is -1.28. The Morgan fingerprint density at radius 1 is 1.29 bits per heavy atom. The smallest absolute Gasteiger partial charge is 0.0840 e. The first kappa shape index (κ1) is 7.61. The maximum Gasteiger partial charge on any atom is 0.209 e. The van der Waals surface area contributed by atoms with E-state index in [0.717, 1.165) is 0 Å². The van der Waals surface area contributed by atoms with Gasteiger partial charge in [-0.15, -0.1) is 0 Å². The van der Waals surface area contributed by atoms with Gasteiger partial charge in [0.05, 0.1) is 0 Å². The quantitative estimate of drug-likeness (QED) is 0.476. The fraction of sp³-hybridized carbons (Fsp3) is 0.250. The lowest BCUT2D eigenvalue weighted by molar-refractivity contribution is 1.46. The van der Waals surface area contributed by atoms with Crippen LogP contribution in [0.5, 0.6) is 0 Å².